The van der Waals surface area contributed by atoms with Gasteiger partial charge in [-0.05, 0) is 39.0 Å². The number of hydrogen-bond donors (Lipinski definition) is 1. The van der Waals surface area contributed by atoms with Crippen LogP contribution in [0.4, 0.5) is 0 Å². The zero-order valence-corrected chi connectivity index (χ0v) is 7.26. The van der Waals surface area contributed by atoms with Gasteiger partial charge in [0.15, 0.2) is 0 Å². The van der Waals surface area contributed by atoms with Crippen LogP contribution in [-0.4, -0.2) is 22.9 Å². The van der Waals surface area contributed by atoms with Crippen LogP contribution in [0.2, 0.25) is 0 Å². The van der Waals surface area contributed by atoms with Crippen LogP contribution in [0.3, 0.4) is 0 Å². The molecule has 2 aliphatic rings. The molecule has 2 heteroatoms. The van der Waals surface area contributed by atoms with Gasteiger partial charge < -0.3 is 9.84 Å². The molecule has 0 aromatic rings. The highest BCUT2D eigenvalue weighted by molar-refractivity contribution is 5.03. The van der Waals surface area contributed by atoms with Gasteiger partial charge in [-0.25, -0.2) is 0 Å². The van der Waals surface area contributed by atoms with Crippen molar-refractivity contribution in [2.75, 3.05) is 6.61 Å². The highest BCUT2D eigenvalue weighted by Gasteiger charge is 2.52. The van der Waals surface area contributed by atoms with E-state index in [2.05, 4.69) is 0 Å². The first kappa shape index (κ1) is 7.56. The van der Waals surface area contributed by atoms with Crippen LogP contribution in [0.5, 0.6) is 0 Å². The van der Waals surface area contributed by atoms with Gasteiger partial charge in [-0.2, -0.15) is 0 Å². The van der Waals surface area contributed by atoms with Gasteiger partial charge in [0, 0.05) is 0 Å². The van der Waals surface area contributed by atoms with Crippen LogP contribution in [0.25, 0.3) is 0 Å². The van der Waals surface area contributed by atoms with Gasteiger partial charge in [0.2, 0.25) is 0 Å². The van der Waals surface area contributed by atoms with Crippen molar-refractivity contribution in [3.63, 3.8) is 0 Å². The van der Waals surface area contributed by atoms with Crippen molar-refractivity contribution in [1.29, 1.82) is 0 Å². The third-order valence-electron chi connectivity index (χ3n) is 3.49. The molecular weight excluding hydrogens is 140 g/mol. The van der Waals surface area contributed by atoms with E-state index in [1.165, 1.54) is 0 Å². The topological polar surface area (TPSA) is 29.5 Å². The molecule has 3 atom stereocenters. The van der Waals surface area contributed by atoms with Crippen LogP contribution < -0.4 is 0 Å². The maximum atomic E-state index is 10.00. The number of fused-ring (bicyclic) bond motifs is 2. The summed E-state index contributed by atoms with van der Waals surface area (Å²) in [5, 5.41) is 10.00. The molecule has 2 nitrogen and oxygen atoms in total. The molecule has 1 aliphatic carbocycles. The third kappa shape index (κ3) is 0.926. The van der Waals surface area contributed by atoms with Crippen molar-refractivity contribution in [2.45, 2.75) is 44.3 Å². The smallest absolute Gasteiger partial charge is 0.0940 e. The monoisotopic (exact) mass is 156 g/mol. The summed E-state index contributed by atoms with van der Waals surface area (Å²) in [6.45, 7) is 4.79. The van der Waals surface area contributed by atoms with Crippen molar-refractivity contribution in [3.05, 3.63) is 0 Å². The lowest BCUT2D eigenvalue weighted by Gasteiger charge is -2.41. The van der Waals surface area contributed by atoms with Crippen molar-refractivity contribution in [2.24, 2.45) is 5.92 Å². The average Bonchev–Trinajstić information content (AvgIpc) is 2.25. The number of ether oxygens (including phenoxy) is 1. The predicted molar refractivity (Wildman–Crippen MR) is 42.3 cm³/mol. The second-order valence-electron chi connectivity index (χ2n) is 4.42. The van der Waals surface area contributed by atoms with E-state index in [-0.39, 0.29) is 5.60 Å². The lowest BCUT2D eigenvalue weighted by molar-refractivity contribution is -0.144. The van der Waals surface area contributed by atoms with E-state index >= 15 is 0 Å². The fourth-order valence-corrected chi connectivity index (χ4v) is 2.28. The first-order valence-corrected chi connectivity index (χ1v) is 4.40. The lowest BCUT2D eigenvalue weighted by atomic mass is 9.72. The Morgan fingerprint density at radius 2 is 2.18 bits per heavy atom. The quantitative estimate of drug-likeness (QED) is 0.573. The summed E-state index contributed by atoms with van der Waals surface area (Å²) in [5.74, 6) is 0.709. The van der Waals surface area contributed by atoms with Gasteiger partial charge in [0.1, 0.15) is 0 Å². The largest absolute Gasteiger partial charge is 0.387 e. The average molecular weight is 156 g/mol. The molecule has 0 amide bonds. The Bertz CT molecular complexity index is 176. The fourth-order valence-electron chi connectivity index (χ4n) is 2.28. The third-order valence-corrected chi connectivity index (χ3v) is 3.49. The summed E-state index contributed by atoms with van der Waals surface area (Å²) in [6.07, 6.45) is 3.07. The molecule has 11 heavy (non-hydrogen) atoms. The Morgan fingerprint density at radius 3 is 2.82 bits per heavy atom. The van der Waals surface area contributed by atoms with Gasteiger partial charge >= 0.3 is 0 Å². The van der Waals surface area contributed by atoms with Crippen LogP contribution >= 0.6 is 0 Å². The molecule has 0 spiro atoms. The lowest BCUT2D eigenvalue weighted by Crippen LogP contribution is -2.51. The summed E-state index contributed by atoms with van der Waals surface area (Å²) < 4.78 is 5.63. The summed E-state index contributed by atoms with van der Waals surface area (Å²) in [7, 11) is 0. The van der Waals surface area contributed by atoms with Crippen molar-refractivity contribution in [3.8, 4) is 0 Å². The van der Waals surface area contributed by atoms with Crippen LogP contribution in [0.1, 0.15) is 33.1 Å². The van der Waals surface area contributed by atoms with Gasteiger partial charge in [-0.3, -0.25) is 0 Å². The first-order valence-electron chi connectivity index (χ1n) is 4.40. The normalized spacial score (nSPS) is 56.5. The SMILES string of the molecule is CC1(O)CCC2COC1(C)C2. The number of aliphatic hydroxyl groups is 1. The van der Waals surface area contributed by atoms with E-state index in [1.54, 1.807) is 0 Å². The Hall–Kier alpha value is -0.0800. The molecule has 2 bridgehead atoms. The number of rotatable bonds is 0. The maximum absolute atomic E-state index is 10.00. The zero-order valence-electron chi connectivity index (χ0n) is 7.26. The minimum atomic E-state index is -0.597. The predicted octanol–water partition coefficient (Wildman–Crippen LogP) is 1.33. The molecule has 0 aromatic heterocycles. The first-order chi connectivity index (χ1) is 5.04. The summed E-state index contributed by atoms with van der Waals surface area (Å²) in [6, 6.07) is 0. The van der Waals surface area contributed by atoms with E-state index in [4.69, 9.17) is 4.74 Å². The molecule has 1 saturated heterocycles. The van der Waals surface area contributed by atoms with E-state index in [9.17, 15) is 5.11 Å². The van der Waals surface area contributed by atoms with Crippen LogP contribution in [0.15, 0.2) is 0 Å². The van der Waals surface area contributed by atoms with Gasteiger partial charge in [0.05, 0.1) is 17.8 Å². The minimum Gasteiger partial charge on any atom is -0.387 e. The van der Waals surface area contributed by atoms with Crippen LogP contribution in [-0.2, 0) is 4.74 Å². The molecule has 2 rings (SSSR count). The molecule has 0 radical (unpaired) electrons. The molecule has 1 saturated carbocycles. The second kappa shape index (κ2) is 1.99. The summed E-state index contributed by atoms with van der Waals surface area (Å²) >= 11 is 0. The van der Waals surface area contributed by atoms with Crippen molar-refractivity contribution in [1.82, 2.24) is 0 Å². The van der Waals surface area contributed by atoms with Crippen molar-refractivity contribution >= 4 is 0 Å². The Labute approximate surface area is 67.6 Å². The molecule has 0 aromatic carbocycles. The van der Waals surface area contributed by atoms with E-state index < -0.39 is 5.60 Å². The van der Waals surface area contributed by atoms with E-state index in [0.29, 0.717) is 5.92 Å². The fraction of sp³-hybridized carbons (Fsp3) is 1.00. The van der Waals surface area contributed by atoms with Gasteiger partial charge in [0.25, 0.3) is 0 Å². The molecule has 1 heterocycles. The van der Waals surface area contributed by atoms with Crippen molar-refractivity contribution < 1.29 is 9.84 Å². The molecule has 3 unspecified atom stereocenters. The Balaban J connectivity index is 2.27. The molecule has 1 aliphatic heterocycles. The van der Waals surface area contributed by atoms with E-state index in [0.717, 1.165) is 25.9 Å². The Morgan fingerprint density at radius 1 is 1.45 bits per heavy atom. The highest BCUT2D eigenvalue weighted by Crippen LogP contribution is 2.47. The van der Waals surface area contributed by atoms with Crippen LogP contribution in [0, 0.1) is 5.92 Å². The molecule has 2 fully saturated rings. The van der Waals surface area contributed by atoms with Gasteiger partial charge in [-0.15, -0.1) is 0 Å². The molecular formula is C9H16O2. The van der Waals surface area contributed by atoms with Gasteiger partial charge in [-0.1, -0.05) is 0 Å². The van der Waals surface area contributed by atoms with E-state index in [1.807, 2.05) is 13.8 Å². The second-order valence-corrected chi connectivity index (χ2v) is 4.42. The molecule has 1 N–H and O–H groups in total. The maximum Gasteiger partial charge on any atom is 0.0940 e. The zero-order chi connectivity index (χ0) is 8.11. The summed E-state index contributed by atoms with van der Waals surface area (Å²) in [4.78, 5) is 0. The summed E-state index contributed by atoms with van der Waals surface area (Å²) in [5.41, 5.74) is -0.851. The molecule has 64 valence electrons. The minimum absolute atomic E-state index is 0.254. The highest BCUT2D eigenvalue weighted by atomic mass is 16.5. The Kier molecular flexibility index (Phi) is 1.37. The number of hydrogen-bond acceptors (Lipinski definition) is 2. The standard InChI is InChI=1S/C9H16O2/c1-8(10)4-3-7-5-9(8,2)11-6-7/h7,10H,3-6H2,1-2H3.